The number of rotatable bonds is 2. The molecule has 0 saturated heterocycles. The van der Waals surface area contributed by atoms with Gasteiger partial charge in [0, 0.05) is 12.7 Å². The summed E-state index contributed by atoms with van der Waals surface area (Å²) in [5, 5.41) is 3.69. The highest BCUT2D eigenvalue weighted by Gasteiger charge is 2.12. The quantitative estimate of drug-likeness (QED) is 0.846. The van der Waals surface area contributed by atoms with E-state index >= 15 is 0 Å². The van der Waals surface area contributed by atoms with Gasteiger partial charge in [0.2, 0.25) is 11.8 Å². The van der Waals surface area contributed by atoms with Gasteiger partial charge in [-0.3, -0.25) is 0 Å². The van der Waals surface area contributed by atoms with Crippen LogP contribution in [0.2, 0.25) is 0 Å². The van der Waals surface area contributed by atoms with Crippen LogP contribution in [0.3, 0.4) is 0 Å². The third kappa shape index (κ3) is 2.58. The number of ether oxygens (including phenoxy) is 1. The van der Waals surface area contributed by atoms with Crippen LogP contribution < -0.4 is 15.8 Å². The fourth-order valence-corrected chi connectivity index (χ4v) is 1.59. The Balaban J connectivity index is 0.000000771. The highest BCUT2D eigenvalue weighted by molar-refractivity contribution is 5.94. The molecule has 3 N–H and O–H groups in total. The monoisotopic (exact) mass is 249 g/mol. The largest absolute Gasteiger partial charge is 0.480 e. The summed E-state index contributed by atoms with van der Waals surface area (Å²) in [6.07, 6.45) is 0. The molecule has 0 atom stereocenters. The second-order valence-electron chi connectivity index (χ2n) is 3.35. The minimum absolute atomic E-state index is 0.226. The van der Waals surface area contributed by atoms with Gasteiger partial charge in [0.25, 0.3) is 0 Å². The molecule has 0 radical (unpaired) electrons. The molecule has 0 aliphatic heterocycles. The van der Waals surface area contributed by atoms with E-state index in [1.165, 1.54) is 0 Å². The molecule has 98 valence electrons. The lowest BCUT2D eigenvalue weighted by molar-refractivity contribution is 0.402. The standard InChI is InChI=1S/C10H13N5O.C2H6/c1-5-4-6-7(9(13-5)16-3)8(12-2)15-10(11)14-6;1-2/h4H,1-3H3,(H3,11,12,14,15);1-2H3. The van der Waals surface area contributed by atoms with Gasteiger partial charge >= 0.3 is 0 Å². The summed E-state index contributed by atoms with van der Waals surface area (Å²) in [4.78, 5) is 12.5. The Bertz CT molecular complexity index is 497. The summed E-state index contributed by atoms with van der Waals surface area (Å²) >= 11 is 0. The number of aryl methyl sites for hydroxylation is 1. The van der Waals surface area contributed by atoms with Gasteiger partial charge in [-0.2, -0.15) is 4.98 Å². The van der Waals surface area contributed by atoms with Crippen LogP contribution in [0.1, 0.15) is 19.5 Å². The van der Waals surface area contributed by atoms with Crippen LogP contribution in [0.25, 0.3) is 10.9 Å². The highest BCUT2D eigenvalue weighted by Crippen LogP contribution is 2.29. The van der Waals surface area contributed by atoms with Gasteiger partial charge in [-0.1, -0.05) is 13.8 Å². The van der Waals surface area contributed by atoms with Crippen molar-refractivity contribution >= 4 is 22.7 Å². The van der Waals surface area contributed by atoms with Gasteiger partial charge in [0.05, 0.1) is 12.6 Å². The molecule has 0 unspecified atom stereocenters. The summed E-state index contributed by atoms with van der Waals surface area (Å²) in [5.74, 6) is 1.34. The maximum Gasteiger partial charge on any atom is 0.226 e. The number of nitrogens with one attached hydrogen (secondary N) is 1. The molecule has 0 bridgehead atoms. The van der Waals surface area contributed by atoms with Gasteiger partial charge in [-0.25, -0.2) is 9.97 Å². The van der Waals surface area contributed by atoms with Gasteiger partial charge < -0.3 is 15.8 Å². The molecule has 6 heteroatoms. The van der Waals surface area contributed by atoms with Crippen LogP contribution in [0, 0.1) is 6.92 Å². The molecule has 0 aromatic carbocycles. The molecule has 2 aromatic rings. The van der Waals surface area contributed by atoms with Crippen LogP contribution in [-0.2, 0) is 0 Å². The summed E-state index contributed by atoms with van der Waals surface area (Å²) in [6, 6.07) is 1.84. The van der Waals surface area contributed by atoms with Crippen molar-refractivity contribution in [2.45, 2.75) is 20.8 Å². The second kappa shape index (κ2) is 6.00. The predicted octanol–water partition coefficient (Wildman–Crippen LogP) is 1.99. The average molecular weight is 249 g/mol. The first-order valence-corrected chi connectivity index (χ1v) is 5.82. The van der Waals surface area contributed by atoms with Crippen molar-refractivity contribution in [3.05, 3.63) is 11.8 Å². The van der Waals surface area contributed by atoms with Crippen molar-refractivity contribution in [1.29, 1.82) is 0 Å². The van der Waals surface area contributed by atoms with Crippen molar-refractivity contribution in [1.82, 2.24) is 15.0 Å². The minimum atomic E-state index is 0.226. The lowest BCUT2D eigenvalue weighted by Gasteiger charge is -2.09. The fourth-order valence-electron chi connectivity index (χ4n) is 1.59. The summed E-state index contributed by atoms with van der Waals surface area (Å²) < 4.78 is 5.22. The molecule has 6 nitrogen and oxygen atoms in total. The van der Waals surface area contributed by atoms with E-state index in [1.54, 1.807) is 14.2 Å². The molecule has 0 aliphatic rings. The van der Waals surface area contributed by atoms with E-state index < -0.39 is 0 Å². The lowest BCUT2D eigenvalue weighted by Crippen LogP contribution is -2.03. The molecular weight excluding hydrogens is 230 g/mol. The summed E-state index contributed by atoms with van der Waals surface area (Å²) in [5.41, 5.74) is 7.17. The van der Waals surface area contributed by atoms with Crippen LogP contribution in [0.5, 0.6) is 5.88 Å². The maximum absolute atomic E-state index is 5.62. The van der Waals surface area contributed by atoms with Gasteiger partial charge in [-0.15, -0.1) is 0 Å². The summed E-state index contributed by atoms with van der Waals surface area (Å²) in [7, 11) is 3.33. The fraction of sp³-hybridized carbons (Fsp3) is 0.417. The number of nitrogens with zero attached hydrogens (tertiary/aromatic N) is 3. The topological polar surface area (TPSA) is 86.0 Å². The highest BCUT2D eigenvalue weighted by atomic mass is 16.5. The zero-order valence-corrected chi connectivity index (χ0v) is 11.4. The van der Waals surface area contributed by atoms with E-state index in [1.807, 2.05) is 26.8 Å². The molecular formula is C12H19N5O. The molecule has 0 saturated carbocycles. The van der Waals surface area contributed by atoms with Gasteiger partial charge in [0.1, 0.15) is 11.2 Å². The Hall–Kier alpha value is -2.11. The number of methoxy groups -OCH3 is 1. The second-order valence-corrected chi connectivity index (χ2v) is 3.35. The zero-order chi connectivity index (χ0) is 13.7. The zero-order valence-electron chi connectivity index (χ0n) is 11.4. The lowest BCUT2D eigenvalue weighted by atomic mass is 10.2. The molecule has 0 fully saturated rings. The average Bonchev–Trinajstić information content (AvgIpc) is 2.38. The number of anilines is 2. The first-order valence-electron chi connectivity index (χ1n) is 5.82. The third-order valence-corrected chi connectivity index (χ3v) is 2.22. The van der Waals surface area contributed by atoms with Gasteiger partial charge in [0.15, 0.2) is 0 Å². The molecule has 0 spiro atoms. The van der Waals surface area contributed by atoms with Crippen molar-refractivity contribution in [3.8, 4) is 5.88 Å². The van der Waals surface area contributed by atoms with E-state index in [4.69, 9.17) is 10.5 Å². The van der Waals surface area contributed by atoms with Crippen LogP contribution in [-0.4, -0.2) is 29.1 Å². The normalized spacial score (nSPS) is 9.61. The van der Waals surface area contributed by atoms with Crippen LogP contribution in [0.4, 0.5) is 11.8 Å². The Morgan fingerprint density at radius 2 is 1.89 bits per heavy atom. The third-order valence-electron chi connectivity index (χ3n) is 2.22. The first-order chi connectivity index (χ1) is 8.65. The number of nitrogen functional groups attached to an aromatic ring is 1. The van der Waals surface area contributed by atoms with E-state index in [-0.39, 0.29) is 5.95 Å². The van der Waals surface area contributed by atoms with Gasteiger partial charge in [-0.05, 0) is 13.0 Å². The molecule has 0 aliphatic carbocycles. The number of fused-ring (bicyclic) bond motifs is 1. The Labute approximate surface area is 107 Å². The van der Waals surface area contributed by atoms with Crippen molar-refractivity contribution < 1.29 is 4.74 Å². The van der Waals surface area contributed by atoms with Crippen molar-refractivity contribution in [3.63, 3.8) is 0 Å². The molecule has 18 heavy (non-hydrogen) atoms. The van der Waals surface area contributed by atoms with E-state index in [0.717, 1.165) is 16.6 Å². The van der Waals surface area contributed by atoms with Crippen LogP contribution in [0.15, 0.2) is 6.07 Å². The Kier molecular flexibility index (Phi) is 4.65. The molecule has 0 amide bonds. The molecule has 2 heterocycles. The van der Waals surface area contributed by atoms with Crippen molar-refractivity contribution in [2.24, 2.45) is 0 Å². The first kappa shape index (κ1) is 14.0. The van der Waals surface area contributed by atoms with Crippen LogP contribution >= 0.6 is 0 Å². The number of aromatic nitrogens is 3. The SMILES string of the molecule is CC.CNc1nc(N)nc2cc(C)nc(OC)c12. The number of hydrogen-bond acceptors (Lipinski definition) is 6. The molecule has 2 rings (SSSR count). The number of nitrogens with two attached hydrogens (primary N) is 1. The summed E-state index contributed by atoms with van der Waals surface area (Å²) in [6.45, 7) is 5.87. The Morgan fingerprint density at radius 3 is 2.44 bits per heavy atom. The minimum Gasteiger partial charge on any atom is -0.480 e. The van der Waals surface area contributed by atoms with E-state index in [2.05, 4.69) is 20.3 Å². The van der Waals surface area contributed by atoms with E-state index in [0.29, 0.717) is 11.7 Å². The van der Waals surface area contributed by atoms with Crippen molar-refractivity contribution in [2.75, 3.05) is 25.2 Å². The maximum atomic E-state index is 5.62. The number of hydrogen-bond donors (Lipinski definition) is 2. The van der Waals surface area contributed by atoms with E-state index in [9.17, 15) is 0 Å². The predicted molar refractivity (Wildman–Crippen MR) is 73.9 cm³/mol. The smallest absolute Gasteiger partial charge is 0.226 e. The number of pyridine rings is 1. The molecule has 2 aromatic heterocycles. The Morgan fingerprint density at radius 1 is 1.22 bits per heavy atom.